The normalized spacial score (nSPS) is 10.6. The maximum absolute atomic E-state index is 12.0. The summed E-state index contributed by atoms with van der Waals surface area (Å²) in [4.78, 5) is 43.7. The Morgan fingerprint density at radius 1 is 0.778 bits per heavy atom. The van der Waals surface area contributed by atoms with Crippen molar-refractivity contribution >= 4 is 40.6 Å². The molecule has 0 radical (unpaired) electrons. The van der Waals surface area contributed by atoms with Crippen molar-refractivity contribution in [3.8, 4) is 22.9 Å². The second-order valence-corrected chi connectivity index (χ2v) is 11.7. The van der Waals surface area contributed by atoms with Crippen molar-refractivity contribution < 1.29 is 14.3 Å². The van der Waals surface area contributed by atoms with Crippen molar-refractivity contribution in [3.63, 3.8) is 0 Å². The molecule has 0 aliphatic rings. The zero-order valence-corrected chi connectivity index (χ0v) is 30.7. The molecule has 5 N–H and O–H groups in total. The molecule has 0 saturated carbocycles. The molecule has 5 aromatic heterocycles. The number of allylic oxidation sites excluding steroid dienone is 1. The van der Waals surface area contributed by atoms with E-state index in [0.717, 1.165) is 40.0 Å². The van der Waals surface area contributed by atoms with E-state index in [1.807, 2.05) is 79.8 Å². The number of hydrogen-bond donors (Lipinski definition) is 3. The van der Waals surface area contributed by atoms with Gasteiger partial charge in [-0.2, -0.15) is 0 Å². The molecule has 0 bridgehead atoms. The Hall–Kier alpha value is -7.36. The number of benzene rings is 2. The maximum Gasteiger partial charge on any atom is 0.234 e. The number of carbonyl (C=O) groups excluding carboxylic acids is 1. The Bertz CT molecular complexity index is 2380. The number of nitrogens with one attached hydrogen (secondary N) is 1. The number of hydrogen-bond acceptors (Lipinski definition) is 12. The number of methoxy groups -OCH3 is 2. The van der Waals surface area contributed by atoms with Crippen LogP contribution in [-0.2, 0) is 0 Å². The number of carbonyl (C=O) groups is 1. The number of ether oxygens (including phenoxy) is 2. The number of aromatic nitrogens is 8. The minimum absolute atomic E-state index is 0.0557. The Labute approximate surface area is 311 Å². The minimum atomic E-state index is -0.0725. The number of nitrogens with two attached hydrogens (primary N) is 2. The van der Waals surface area contributed by atoms with Gasteiger partial charge in [0.05, 0.1) is 42.7 Å². The second-order valence-electron chi connectivity index (χ2n) is 11.7. The van der Waals surface area contributed by atoms with Gasteiger partial charge in [0.15, 0.2) is 5.96 Å². The van der Waals surface area contributed by atoms with Crippen LogP contribution in [0.5, 0.6) is 11.5 Å². The third-order valence-corrected chi connectivity index (χ3v) is 7.49. The molecular weight excluding hydrogens is 687 g/mol. The molecule has 16 nitrogen and oxygen atoms in total. The quantitative estimate of drug-likeness (QED) is 0.0764. The van der Waals surface area contributed by atoms with Crippen LogP contribution in [0, 0.1) is 13.8 Å². The molecule has 7 rings (SSSR count). The molecule has 0 aliphatic heterocycles. The highest BCUT2D eigenvalue weighted by Crippen LogP contribution is 2.24. The highest BCUT2D eigenvalue weighted by molar-refractivity contribution is 6.04. The van der Waals surface area contributed by atoms with Gasteiger partial charge in [-0.3, -0.25) is 13.6 Å². The summed E-state index contributed by atoms with van der Waals surface area (Å²) < 4.78 is 13.8. The first-order valence-corrected chi connectivity index (χ1v) is 16.5. The molecule has 0 atom stereocenters. The Balaban J connectivity index is 0.000000168. The summed E-state index contributed by atoms with van der Waals surface area (Å²) in [6, 6.07) is 20.2. The van der Waals surface area contributed by atoms with Crippen LogP contribution in [0.15, 0.2) is 115 Å². The molecule has 16 heteroatoms. The topological polar surface area (TPSA) is 201 Å². The van der Waals surface area contributed by atoms with Crippen molar-refractivity contribution in [3.05, 3.63) is 127 Å². The van der Waals surface area contributed by atoms with Gasteiger partial charge < -0.3 is 31.2 Å². The lowest BCUT2D eigenvalue weighted by atomic mass is 10.2. The molecular formula is C38H41N13O3. The number of nitrogens with zero attached hydrogens (tertiary/aromatic N) is 10. The predicted octanol–water partition coefficient (Wildman–Crippen LogP) is 5.14. The molecule has 0 unspecified atom stereocenters. The number of anilines is 2. The van der Waals surface area contributed by atoms with Gasteiger partial charge in [0, 0.05) is 63.0 Å². The summed E-state index contributed by atoms with van der Waals surface area (Å²) in [7, 11) is 6.98. The van der Waals surface area contributed by atoms with Gasteiger partial charge in [-0.25, -0.2) is 34.9 Å². The van der Waals surface area contributed by atoms with E-state index in [0.29, 0.717) is 28.9 Å². The largest absolute Gasteiger partial charge is 0.497 e. The third kappa shape index (κ3) is 9.70. The van der Waals surface area contributed by atoms with E-state index in [2.05, 4.69) is 40.2 Å². The Kier molecular flexibility index (Phi) is 12.4. The second kappa shape index (κ2) is 17.7. The fourth-order valence-corrected chi connectivity index (χ4v) is 5.06. The molecule has 0 amide bonds. The van der Waals surface area contributed by atoms with Gasteiger partial charge >= 0.3 is 0 Å². The maximum atomic E-state index is 12.0. The Morgan fingerprint density at radius 3 is 1.98 bits per heavy atom. The van der Waals surface area contributed by atoms with Crippen LogP contribution >= 0.6 is 0 Å². The number of ketones is 1. The summed E-state index contributed by atoms with van der Waals surface area (Å²) in [6.45, 7) is 3.76. The molecule has 276 valence electrons. The predicted molar refractivity (Wildman–Crippen MR) is 208 cm³/mol. The minimum Gasteiger partial charge on any atom is -0.497 e. The van der Waals surface area contributed by atoms with E-state index in [-0.39, 0.29) is 11.7 Å². The Morgan fingerprint density at radius 2 is 1.37 bits per heavy atom. The van der Waals surface area contributed by atoms with Crippen LogP contribution in [0.25, 0.3) is 22.9 Å². The fourth-order valence-electron chi connectivity index (χ4n) is 5.06. The van der Waals surface area contributed by atoms with Gasteiger partial charge in [0.2, 0.25) is 23.3 Å². The van der Waals surface area contributed by atoms with Crippen LogP contribution in [0.3, 0.4) is 0 Å². The average molecular weight is 728 g/mol. The van der Waals surface area contributed by atoms with Crippen LogP contribution in [-0.4, -0.2) is 83.7 Å². The van der Waals surface area contributed by atoms with Crippen LogP contribution in [0.1, 0.15) is 21.9 Å². The lowest BCUT2D eigenvalue weighted by Crippen LogP contribution is -2.21. The number of fused-ring (bicyclic) bond motifs is 2. The van der Waals surface area contributed by atoms with E-state index in [4.69, 9.17) is 20.9 Å². The van der Waals surface area contributed by atoms with Crippen molar-refractivity contribution in [2.75, 3.05) is 33.6 Å². The zero-order valence-electron chi connectivity index (χ0n) is 30.7. The molecule has 7 aromatic rings. The number of guanidine groups is 1. The van der Waals surface area contributed by atoms with Crippen LogP contribution in [0.4, 0.5) is 17.3 Å². The van der Waals surface area contributed by atoms with Crippen molar-refractivity contribution in [1.29, 1.82) is 0 Å². The van der Waals surface area contributed by atoms with E-state index in [1.165, 1.54) is 6.08 Å². The zero-order chi connectivity index (χ0) is 38.6. The SMILES string of the molecule is COc1ccc(N=C(N)N)cc1.COc1ccc(Nc2nccc(-c3c(C)nc4ncccn34)n2)cc1.Cc1nc2ncccn2c1C(=O)/C=C/N(C)C. The molecule has 0 spiro atoms. The monoisotopic (exact) mass is 727 g/mol. The fraction of sp³-hybridized carbons (Fsp3) is 0.158. The van der Waals surface area contributed by atoms with Gasteiger partial charge in [0.1, 0.15) is 17.2 Å². The molecule has 5 heterocycles. The summed E-state index contributed by atoms with van der Waals surface area (Å²) in [5, 5.41) is 3.20. The van der Waals surface area contributed by atoms with Crippen molar-refractivity contribution in [2.45, 2.75) is 13.8 Å². The first kappa shape index (κ1) is 37.9. The van der Waals surface area contributed by atoms with Crippen molar-refractivity contribution in [1.82, 2.24) is 43.6 Å². The average Bonchev–Trinajstić information content (AvgIpc) is 3.70. The van der Waals surface area contributed by atoms with Crippen LogP contribution < -0.4 is 26.3 Å². The summed E-state index contributed by atoms with van der Waals surface area (Å²) in [5.74, 6) is 3.28. The first-order chi connectivity index (χ1) is 26.1. The third-order valence-electron chi connectivity index (χ3n) is 7.49. The summed E-state index contributed by atoms with van der Waals surface area (Å²) in [5.41, 5.74) is 15.8. The summed E-state index contributed by atoms with van der Waals surface area (Å²) >= 11 is 0. The van der Waals surface area contributed by atoms with Gasteiger partial charge in [-0.15, -0.1) is 0 Å². The molecule has 0 fully saturated rings. The molecule has 54 heavy (non-hydrogen) atoms. The van der Waals surface area contributed by atoms with Crippen LogP contribution in [0.2, 0.25) is 0 Å². The van der Waals surface area contributed by atoms with E-state index in [9.17, 15) is 4.79 Å². The van der Waals surface area contributed by atoms with Crippen molar-refractivity contribution in [2.24, 2.45) is 16.5 Å². The van der Waals surface area contributed by atoms with E-state index >= 15 is 0 Å². The first-order valence-electron chi connectivity index (χ1n) is 16.5. The lowest BCUT2D eigenvalue weighted by Gasteiger charge is -2.08. The smallest absolute Gasteiger partial charge is 0.234 e. The lowest BCUT2D eigenvalue weighted by molar-refractivity contribution is 0.103. The van der Waals surface area contributed by atoms with Gasteiger partial charge in [-0.05, 0) is 80.6 Å². The van der Waals surface area contributed by atoms with E-state index < -0.39 is 0 Å². The summed E-state index contributed by atoms with van der Waals surface area (Å²) in [6.07, 6.45) is 12.1. The highest BCUT2D eigenvalue weighted by atomic mass is 16.5. The van der Waals surface area contributed by atoms with Gasteiger partial charge in [-0.1, -0.05) is 0 Å². The number of aryl methyl sites for hydroxylation is 2. The molecule has 0 saturated heterocycles. The standard InChI is InChI=1S/C18H16N6O.C12H14N4O.C8H11N3O/c1-12-16(24-11-3-9-20-18(24)21-12)15-8-10-19-17(23-15)22-13-4-6-14(25-2)7-5-13;1-9-11(10(17)5-8-15(2)3)16-7-4-6-13-12(16)14-9;1-12-7-4-2-6(3-5-7)11-8(9)10/h3-11H,1-2H3,(H,19,22,23);4-8H,1-3H3;2-5H,1H3,(H4,9,10,11)/b;8-5+;. The number of imidazole rings is 2. The highest BCUT2D eigenvalue weighted by Gasteiger charge is 2.15. The van der Waals surface area contributed by atoms with Gasteiger partial charge in [0.25, 0.3) is 0 Å². The number of aliphatic imine (C=N–C) groups is 1. The molecule has 2 aromatic carbocycles. The van der Waals surface area contributed by atoms with E-state index in [1.54, 1.807) is 79.9 Å². The molecule has 0 aliphatic carbocycles. The number of rotatable bonds is 9.